The first-order valence-corrected chi connectivity index (χ1v) is 12.6. The zero-order valence-electron chi connectivity index (χ0n) is 22.9. The molecule has 0 unspecified atom stereocenters. The van der Waals surface area contributed by atoms with Crippen LogP contribution in [0.4, 0.5) is 14.4 Å². The summed E-state index contributed by atoms with van der Waals surface area (Å²) >= 11 is 0. The summed E-state index contributed by atoms with van der Waals surface area (Å²) in [6.45, 7) is 11.0. The van der Waals surface area contributed by atoms with Gasteiger partial charge in [0.25, 0.3) is 0 Å². The van der Waals surface area contributed by atoms with Gasteiger partial charge in [0.2, 0.25) is 0 Å². The maximum Gasteiger partial charge on any atom is 0.513 e. The largest absolute Gasteiger partial charge is 0.513 e. The van der Waals surface area contributed by atoms with E-state index in [0.717, 1.165) is 0 Å². The Morgan fingerprint density at radius 3 is 1.87 bits per heavy atom. The number of benzene rings is 1. The smallest absolute Gasteiger partial charge is 0.458 e. The maximum absolute atomic E-state index is 12.5. The molecule has 0 fully saturated rings. The maximum atomic E-state index is 12.5. The van der Waals surface area contributed by atoms with E-state index in [2.05, 4.69) is 0 Å². The molecule has 1 aromatic rings. The zero-order chi connectivity index (χ0) is 28.7. The van der Waals surface area contributed by atoms with Gasteiger partial charge < -0.3 is 38.9 Å². The van der Waals surface area contributed by atoms with Gasteiger partial charge in [0.1, 0.15) is 18.2 Å². The molecule has 0 heterocycles. The van der Waals surface area contributed by atoms with Crippen molar-refractivity contribution in [3.8, 4) is 11.5 Å². The van der Waals surface area contributed by atoms with Crippen LogP contribution in [0, 0.1) is 5.92 Å². The highest BCUT2D eigenvalue weighted by molar-refractivity contribution is 5.76. The molecule has 0 spiro atoms. The van der Waals surface area contributed by atoms with Gasteiger partial charge in [-0.05, 0) is 56.7 Å². The summed E-state index contributed by atoms with van der Waals surface area (Å²) in [6, 6.07) is 3.21. The zero-order valence-corrected chi connectivity index (χ0v) is 22.9. The number of hydrogen-bond acceptors (Lipinski definition) is 12. The third kappa shape index (κ3) is 12.6. The van der Waals surface area contributed by atoms with E-state index in [9.17, 15) is 19.2 Å². The third-order valence-electron chi connectivity index (χ3n) is 4.78. The average Bonchev–Trinajstić information content (AvgIpc) is 2.86. The van der Waals surface area contributed by atoms with Gasteiger partial charge in [-0.15, -0.1) is 0 Å². The SMILES string of the molecule is CCCOC(=O)Oc1ccc(C[C@H](N)C(=O)O[C@@H](C)[C@H](C)OC(=O)OCC(C)C)cc1OC(=O)OCCC. The highest BCUT2D eigenvalue weighted by Gasteiger charge is 2.25. The predicted molar refractivity (Wildman–Crippen MR) is 135 cm³/mol. The molecule has 0 amide bonds. The molecule has 0 radical (unpaired) electrons. The lowest BCUT2D eigenvalue weighted by Crippen LogP contribution is -2.39. The lowest BCUT2D eigenvalue weighted by molar-refractivity contribution is -0.155. The van der Waals surface area contributed by atoms with E-state index in [1.165, 1.54) is 12.1 Å². The minimum atomic E-state index is -1.10. The molecule has 3 atom stereocenters. The first-order valence-electron chi connectivity index (χ1n) is 12.6. The summed E-state index contributed by atoms with van der Waals surface area (Å²) in [6.07, 6.45) is -3.21. The highest BCUT2D eigenvalue weighted by atomic mass is 16.7. The lowest BCUT2D eigenvalue weighted by Gasteiger charge is -2.22. The Balaban J connectivity index is 2.84. The van der Waals surface area contributed by atoms with Crippen LogP contribution in [0.3, 0.4) is 0 Å². The predicted octanol–water partition coefficient (Wildman–Crippen LogP) is 4.54. The summed E-state index contributed by atoms with van der Waals surface area (Å²) in [5, 5.41) is 0. The fraction of sp³-hybridized carbons (Fsp3) is 0.615. The molecule has 12 heteroatoms. The Bertz CT molecular complexity index is 918. The molecule has 0 aliphatic heterocycles. The fourth-order valence-electron chi connectivity index (χ4n) is 2.67. The molecule has 0 aliphatic carbocycles. The van der Waals surface area contributed by atoms with Gasteiger partial charge >= 0.3 is 24.4 Å². The van der Waals surface area contributed by atoms with Crippen molar-refractivity contribution in [3.05, 3.63) is 23.8 Å². The average molecular weight is 542 g/mol. The molecule has 0 aliphatic rings. The summed E-state index contributed by atoms with van der Waals surface area (Å²) in [5.41, 5.74) is 6.51. The van der Waals surface area contributed by atoms with Crippen molar-refractivity contribution >= 4 is 24.4 Å². The van der Waals surface area contributed by atoms with Gasteiger partial charge in [0.15, 0.2) is 11.5 Å². The van der Waals surface area contributed by atoms with E-state index < -0.39 is 42.7 Å². The van der Waals surface area contributed by atoms with Crippen LogP contribution in [0.5, 0.6) is 11.5 Å². The Hall–Kier alpha value is -3.54. The molecule has 0 aromatic heterocycles. The van der Waals surface area contributed by atoms with E-state index in [0.29, 0.717) is 18.4 Å². The Kier molecular flexibility index (Phi) is 14.6. The summed E-state index contributed by atoms with van der Waals surface area (Å²) < 4.78 is 35.6. The second-order valence-electron chi connectivity index (χ2n) is 8.91. The van der Waals surface area contributed by atoms with Gasteiger partial charge in [-0.2, -0.15) is 0 Å². The van der Waals surface area contributed by atoms with Gasteiger partial charge in [-0.25, -0.2) is 14.4 Å². The molecular formula is C26H39NO11. The van der Waals surface area contributed by atoms with Crippen LogP contribution >= 0.6 is 0 Å². The molecule has 214 valence electrons. The lowest BCUT2D eigenvalue weighted by atomic mass is 10.1. The second kappa shape index (κ2) is 17.1. The summed E-state index contributed by atoms with van der Waals surface area (Å²) in [5.74, 6) is -0.789. The fourth-order valence-corrected chi connectivity index (χ4v) is 2.67. The highest BCUT2D eigenvalue weighted by Crippen LogP contribution is 2.30. The van der Waals surface area contributed by atoms with Crippen molar-refractivity contribution in [2.24, 2.45) is 11.7 Å². The molecule has 1 rings (SSSR count). The van der Waals surface area contributed by atoms with Crippen LogP contribution < -0.4 is 15.2 Å². The molecule has 0 saturated heterocycles. The van der Waals surface area contributed by atoms with E-state index in [1.807, 2.05) is 27.7 Å². The van der Waals surface area contributed by atoms with Gasteiger partial charge in [-0.1, -0.05) is 33.8 Å². The van der Waals surface area contributed by atoms with E-state index in [-0.39, 0.29) is 43.7 Å². The number of ether oxygens (including phenoxy) is 7. The van der Waals surface area contributed by atoms with Crippen LogP contribution in [-0.2, 0) is 34.9 Å². The first kappa shape index (κ1) is 32.5. The molecular weight excluding hydrogens is 502 g/mol. The normalized spacial score (nSPS) is 13.1. The molecule has 0 saturated carbocycles. The van der Waals surface area contributed by atoms with Crippen LogP contribution in [0.2, 0.25) is 0 Å². The second-order valence-corrected chi connectivity index (χ2v) is 8.91. The Morgan fingerprint density at radius 1 is 0.763 bits per heavy atom. The van der Waals surface area contributed by atoms with Crippen LogP contribution in [0.15, 0.2) is 18.2 Å². The Labute approximate surface area is 223 Å². The van der Waals surface area contributed by atoms with Crippen LogP contribution in [0.25, 0.3) is 0 Å². The van der Waals surface area contributed by atoms with Crippen molar-refractivity contribution in [3.63, 3.8) is 0 Å². The first-order chi connectivity index (χ1) is 18.0. The summed E-state index contributed by atoms with van der Waals surface area (Å²) in [4.78, 5) is 48.2. The van der Waals surface area contributed by atoms with Crippen molar-refractivity contribution in [2.75, 3.05) is 19.8 Å². The van der Waals surface area contributed by atoms with Crippen molar-refractivity contribution in [1.29, 1.82) is 0 Å². The molecule has 38 heavy (non-hydrogen) atoms. The Morgan fingerprint density at radius 2 is 1.32 bits per heavy atom. The topological polar surface area (TPSA) is 159 Å². The minimum Gasteiger partial charge on any atom is -0.458 e. The van der Waals surface area contributed by atoms with Crippen LogP contribution in [0.1, 0.15) is 59.9 Å². The van der Waals surface area contributed by atoms with E-state index in [1.54, 1.807) is 19.9 Å². The molecule has 12 nitrogen and oxygen atoms in total. The summed E-state index contributed by atoms with van der Waals surface area (Å²) in [7, 11) is 0. The number of rotatable bonds is 14. The molecule has 0 bridgehead atoms. The molecule has 1 aromatic carbocycles. The van der Waals surface area contributed by atoms with Gasteiger partial charge in [-0.3, -0.25) is 4.79 Å². The minimum absolute atomic E-state index is 0.00184. The quantitative estimate of drug-likeness (QED) is 0.199. The van der Waals surface area contributed by atoms with Crippen molar-refractivity contribution < 1.29 is 52.3 Å². The molecule has 2 N–H and O–H groups in total. The number of nitrogens with two attached hydrogens (primary N) is 1. The van der Waals surface area contributed by atoms with E-state index in [4.69, 9.17) is 38.9 Å². The van der Waals surface area contributed by atoms with Crippen molar-refractivity contribution in [1.82, 2.24) is 0 Å². The monoisotopic (exact) mass is 541 g/mol. The number of hydrogen-bond donors (Lipinski definition) is 1. The van der Waals surface area contributed by atoms with Gasteiger partial charge in [0.05, 0.1) is 19.8 Å². The number of esters is 1. The number of carbonyl (C=O) groups excluding carboxylic acids is 4. The van der Waals surface area contributed by atoms with E-state index >= 15 is 0 Å². The van der Waals surface area contributed by atoms with Crippen LogP contribution in [-0.4, -0.2) is 62.5 Å². The number of carbonyl (C=O) groups is 4. The van der Waals surface area contributed by atoms with Crippen molar-refractivity contribution in [2.45, 2.75) is 79.1 Å². The standard InChI is InChI=1S/C26H39NO11/c1-7-11-32-24(29)37-21-10-9-19(14-22(21)38-25(30)33-12-8-2)13-20(27)23(28)35-17(5)18(6)36-26(31)34-15-16(3)4/h9-10,14,16-18,20H,7-8,11-13,15,27H2,1-6H3/t17-,18-,20-/m0/s1. The van der Waals surface area contributed by atoms with Gasteiger partial charge in [0, 0.05) is 0 Å². The third-order valence-corrected chi connectivity index (χ3v) is 4.78.